The predicted octanol–water partition coefficient (Wildman–Crippen LogP) is 5.85. The van der Waals surface area contributed by atoms with Crippen LogP contribution in [0.4, 0.5) is 0 Å². The number of hydrogen-bond acceptors (Lipinski definition) is 4. The van der Waals surface area contributed by atoms with Crippen LogP contribution in [0.15, 0.2) is 41.1 Å². The van der Waals surface area contributed by atoms with E-state index < -0.39 is 0 Å². The molecule has 3 nitrogen and oxygen atoms in total. The van der Waals surface area contributed by atoms with E-state index in [0.29, 0.717) is 35.1 Å². The third kappa shape index (κ3) is 3.05. The number of ketones is 1. The standard InChI is InChI=1S/C25H31NO2S/c1-24-12-10-17(27)15-16(24)6-7-18-19-8-9-21(25(19,2)13-11-20(18)24)23(28)29-22-5-3-4-14-26-22/h3-5,14-15,18-21H,6-13H2,1-2H3/t18?,19?,20?,21?,24-,25-/m0/s1. The first-order chi connectivity index (χ1) is 13.9. The van der Waals surface area contributed by atoms with E-state index in [9.17, 15) is 9.59 Å². The molecule has 0 spiro atoms. The Hall–Kier alpha value is -1.42. The fourth-order valence-electron chi connectivity index (χ4n) is 7.53. The van der Waals surface area contributed by atoms with Crippen LogP contribution in [0.25, 0.3) is 0 Å². The average Bonchev–Trinajstić information content (AvgIpc) is 3.06. The molecule has 4 heteroatoms. The molecule has 0 bridgehead atoms. The molecular formula is C25H31NO2S. The molecule has 6 atom stereocenters. The van der Waals surface area contributed by atoms with Crippen molar-refractivity contribution in [3.63, 3.8) is 0 Å². The van der Waals surface area contributed by atoms with Gasteiger partial charge in [-0.3, -0.25) is 9.59 Å². The monoisotopic (exact) mass is 409 g/mol. The Morgan fingerprint density at radius 3 is 2.72 bits per heavy atom. The van der Waals surface area contributed by atoms with Crippen LogP contribution in [0.2, 0.25) is 0 Å². The zero-order chi connectivity index (χ0) is 20.2. The third-order valence-corrected chi connectivity index (χ3v) is 10.0. The number of allylic oxidation sites excluding steroid dienone is 1. The lowest BCUT2D eigenvalue weighted by molar-refractivity contribution is -0.123. The number of carbonyl (C=O) groups excluding carboxylic acids is 2. The average molecular weight is 410 g/mol. The molecular weight excluding hydrogens is 378 g/mol. The maximum atomic E-state index is 13.2. The number of thioether (sulfide) groups is 1. The molecule has 154 valence electrons. The van der Waals surface area contributed by atoms with Crippen molar-refractivity contribution in [2.75, 3.05) is 0 Å². The summed E-state index contributed by atoms with van der Waals surface area (Å²) >= 11 is 1.35. The zero-order valence-corrected chi connectivity index (χ0v) is 18.3. The topological polar surface area (TPSA) is 47.0 Å². The highest BCUT2D eigenvalue weighted by Gasteiger charge is 2.60. The van der Waals surface area contributed by atoms with Crippen LogP contribution in [-0.4, -0.2) is 15.9 Å². The highest BCUT2D eigenvalue weighted by molar-refractivity contribution is 8.13. The van der Waals surface area contributed by atoms with Crippen LogP contribution in [-0.2, 0) is 9.59 Å². The third-order valence-electron chi connectivity index (χ3n) is 9.09. The van der Waals surface area contributed by atoms with Gasteiger partial charge in [0.05, 0.1) is 0 Å². The van der Waals surface area contributed by atoms with Crippen molar-refractivity contribution in [2.45, 2.75) is 70.2 Å². The normalized spacial score (nSPS) is 41.2. The lowest BCUT2D eigenvalue weighted by atomic mass is 9.47. The highest BCUT2D eigenvalue weighted by atomic mass is 32.2. The largest absolute Gasteiger partial charge is 0.295 e. The van der Waals surface area contributed by atoms with Crippen molar-refractivity contribution >= 4 is 22.7 Å². The number of rotatable bonds is 2. The second kappa shape index (κ2) is 7.08. The van der Waals surface area contributed by atoms with Crippen molar-refractivity contribution < 1.29 is 9.59 Å². The van der Waals surface area contributed by atoms with Gasteiger partial charge < -0.3 is 0 Å². The Morgan fingerprint density at radius 2 is 1.93 bits per heavy atom. The first-order valence-corrected chi connectivity index (χ1v) is 12.1. The van der Waals surface area contributed by atoms with Gasteiger partial charge in [0.25, 0.3) is 0 Å². The molecule has 0 aliphatic heterocycles. The second-order valence-corrected chi connectivity index (χ2v) is 11.3. The summed E-state index contributed by atoms with van der Waals surface area (Å²) in [5.41, 5.74) is 1.76. The van der Waals surface area contributed by atoms with Gasteiger partial charge in [-0.1, -0.05) is 25.5 Å². The summed E-state index contributed by atoms with van der Waals surface area (Å²) in [6, 6.07) is 5.79. The fourth-order valence-corrected chi connectivity index (χ4v) is 8.52. The van der Waals surface area contributed by atoms with E-state index in [1.54, 1.807) is 6.20 Å². The summed E-state index contributed by atoms with van der Waals surface area (Å²) < 4.78 is 0. The van der Waals surface area contributed by atoms with Crippen molar-refractivity contribution in [2.24, 2.45) is 34.5 Å². The summed E-state index contributed by atoms with van der Waals surface area (Å²) in [6.07, 6.45) is 12.3. The molecule has 0 saturated heterocycles. The van der Waals surface area contributed by atoms with Gasteiger partial charge in [-0.15, -0.1) is 0 Å². The lowest BCUT2D eigenvalue weighted by Crippen LogP contribution is -2.51. The summed E-state index contributed by atoms with van der Waals surface area (Å²) in [5, 5.41) is 1.14. The molecule has 4 aliphatic rings. The Bertz CT molecular complexity index is 865. The van der Waals surface area contributed by atoms with Gasteiger partial charge in [-0.25, -0.2) is 4.98 Å². The van der Waals surface area contributed by atoms with E-state index in [2.05, 4.69) is 18.8 Å². The minimum atomic E-state index is 0.127. The molecule has 3 fully saturated rings. The molecule has 29 heavy (non-hydrogen) atoms. The zero-order valence-electron chi connectivity index (χ0n) is 17.5. The van der Waals surface area contributed by atoms with Crippen molar-refractivity contribution in [1.29, 1.82) is 0 Å². The van der Waals surface area contributed by atoms with Gasteiger partial charge in [0.2, 0.25) is 0 Å². The molecule has 0 radical (unpaired) electrons. The van der Waals surface area contributed by atoms with Gasteiger partial charge in [0, 0.05) is 18.5 Å². The Labute approximate surface area is 178 Å². The quantitative estimate of drug-likeness (QED) is 0.575. The molecule has 1 heterocycles. The van der Waals surface area contributed by atoms with E-state index in [1.165, 1.54) is 36.6 Å². The smallest absolute Gasteiger partial charge is 0.198 e. The first-order valence-electron chi connectivity index (χ1n) is 11.3. The van der Waals surface area contributed by atoms with Crippen molar-refractivity contribution in [3.05, 3.63) is 36.0 Å². The molecule has 0 aromatic carbocycles. The number of hydrogen-bond donors (Lipinski definition) is 0. The van der Waals surface area contributed by atoms with Gasteiger partial charge in [0.15, 0.2) is 10.9 Å². The minimum Gasteiger partial charge on any atom is -0.295 e. The van der Waals surface area contributed by atoms with Crippen LogP contribution in [0.1, 0.15) is 65.2 Å². The second-order valence-electron chi connectivity index (χ2n) is 10.2. The molecule has 3 saturated carbocycles. The molecule has 4 unspecified atom stereocenters. The highest BCUT2D eigenvalue weighted by Crippen LogP contribution is 2.67. The van der Waals surface area contributed by atoms with Crippen molar-refractivity contribution in [1.82, 2.24) is 4.98 Å². The van der Waals surface area contributed by atoms with E-state index in [4.69, 9.17) is 0 Å². The predicted molar refractivity (Wildman–Crippen MR) is 115 cm³/mol. The number of fused-ring (bicyclic) bond motifs is 5. The SMILES string of the molecule is C[C@]12CCC3C(CCC4=CC(=O)CC[C@@]43C)C1CCC2C(=O)Sc1ccccn1. The Balaban J connectivity index is 1.38. The first kappa shape index (κ1) is 19.5. The maximum Gasteiger partial charge on any atom is 0.198 e. The van der Waals surface area contributed by atoms with Gasteiger partial charge in [0.1, 0.15) is 5.03 Å². The van der Waals surface area contributed by atoms with E-state index >= 15 is 0 Å². The molecule has 0 amide bonds. The summed E-state index contributed by atoms with van der Waals surface area (Å²) in [6.45, 7) is 4.83. The summed E-state index contributed by atoms with van der Waals surface area (Å²) in [4.78, 5) is 29.6. The van der Waals surface area contributed by atoms with Gasteiger partial charge in [-0.2, -0.15) is 0 Å². The molecule has 1 aromatic heterocycles. The van der Waals surface area contributed by atoms with Gasteiger partial charge in [-0.05, 0) is 104 Å². The van der Waals surface area contributed by atoms with Crippen LogP contribution in [0.5, 0.6) is 0 Å². The lowest BCUT2D eigenvalue weighted by Gasteiger charge is -2.58. The number of carbonyl (C=O) groups is 2. The van der Waals surface area contributed by atoms with E-state index in [-0.39, 0.29) is 16.7 Å². The van der Waals surface area contributed by atoms with E-state index in [1.807, 2.05) is 24.3 Å². The van der Waals surface area contributed by atoms with Crippen LogP contribution >= 0.6 is 11.8 Å². The molecule has 0 N–H and O–H groups in total. The molecule has 5 rings (SSSR count). The Morgan fingerprint density at radius 1 is 1.07 bits per heavy atom. The fraction of sp³-hybridized carbons (Fsp3) is 0.640. The van der Waals surface area contributed by atoms with Crippen LogP contribution < -0.4 is 0 Å². The Kier molecular flexibility index (Phi) is 4.77. The summed E-state index contributed by atoms with van der Waals surface area (Å²) in [5.74, 6) is 2.52. The van der Waals surface area contributed by atoms with E-state index in [0.717, 1.165) is 30.7 Å². The molecule has 4 aliphatic carbocycles. The number of aromatic nitrogens is 1. The number of nitrogens with zero attached hydrogens (tertiary/aromatic N) is 1. The maximum absolute atomic E-state index is 13.2. The minimum absolute atomic E-state index is 0.127. The number of pyridine rings is 1. The van der Waals surface area contributed by atoms with Crippen LogP contribution in [0, 0.1) is 34.5 Å². The van der Waals surface area contributed by atoms with Gasteiger partial charge >= 0.3 is 0 Å². The van der Waals surface area contributed by atoms with Crippen LogP contribution in [0.3, 0.4) is 0 Å². The molecule has 1 aromatic rings. The van der Waals surface area contributed by atoms with Crippen molar-refractivity contribution in [3.8, 4) is 0 Å². The summed E-state index contributed by atoms with van der Waals surface area (Å²) in [7, 11) is 0.